The van der Waals surface area contributed by atoms with E-state index in [4.69, 9.17) is 4.74 Å². The maximum absolute atomic E-state index is 14.0. The zero-order valence-electron chi connectivity index (χ0n) is 15.8. The number of carbonyl (C=O) groups is 1. The second-order valence-corrected chi connectivity index (χ2v) is 7.97. The molecule has 2 N–H and O–H groups in total. The third-order valence-electron chi connectivity index (χ3n) is 4.52. The summed E-state index contributed by atoms with van der Waals surface area (Å²) in [5, 5.41) is 5.97. The van der Waals surface area contributed by atoms with Gasteiger partial charge >= 0.3 is 6.09 Å². The number of nitrogens with one attached hydrogen (secondary N) is 2. The summed E-state index contributed by atoms with van der Waals surface area (Å²) in [7, 11) is 0. The number of amides is 1. The van der Waals surface area contributed by atoms with Gasteiger partial charge in [0.05, 0.1) is 5.69 Å². The molecule has 1 aromatic rings. The molecular formula is C20H31FN2O2. The Kier molecular flexibility index (Phi) is 6.68. The highest BCUT2D eigenvalue weighted by atomic mass is 19.1. The zero-order chi connectivity index (χ0) is 18.4. The highest BCUT2D eigenvalue weighted by molar-refractivity contribution is 5.85. The van der Waals surface area contributed by atoms with Crippen molar-refractivity contribution in [3.8, 4) is 0 Å². The van der Waals surface area contributed by atoms with E-state index in [1.165, 1.54) is 31.7 Å². The van der Waals surface area contributed by atoms with Crippen LogP contribution in [0.5, 0.6) is 0 Å². The van der Waals surface area contributed by atoms with Gasteiger partial charge in [-0.3, -0.25) is 5.32 Å². The lowest BCUT2D eigenvalue weighted by atomic mass is 9.83. The van der Waals surface area contributed by atoms with Gasteiger partial charge in [-0.2, -0.15) is 0 Å². The third kappa shape index (κ3) is 6.56. The van der Waals surface area contributed by atoms with Gasteiger partial charge in [0, 0.05) is 11.7 Å². The Morgan fingerprint density at radius 3 is 2.52 bits per heavy atom. The van der Waals surface area contributed by atoms with Crippen LogP contribution in [-0.2, 0) is 4.74 Å². The molecule has 4 nitrogen and oxygen atoms in total. The number of halogens is 1. The maximum atomic E-state index is 14.0. The van der Waals surface area contributed by atoms with Gasteiger partial charge in [0.1, 0.15) is 11.4 Å². The van der Waals surface area contributed by atoms with Crippen LogP contribution in [0.15, 0.2) is 18.2 Å². The number of hydrogen-bond donors (Lipinski definition) is 2. The van der Waals surface area contributed by atoms with E-state index < -0.39 is 17.5 Å². The van der Waals surface area contributed by atoms with Crippen molar-refractivity contribution in [3.63, 3.8) is 0 Å². The summed E-state index contributed by atoms with van der Waals surface area (Å²) in [6.07, 6.45) is 6.68. The Bertz CT molecular complexity index is 576. The molecule has 0 radical (unpaired) electrons. The summed E-state index contributed by atoms with van der Waals surface area (Å²) in [5.74, 6) is 0.378. The van der Waals surface area contributed by atoms with Crippen LogP contribution < -0.4 is 10.6 Å². The van der Waals surface area contributed by atoms with E-state index >= 15 is 0 Å². The largest absolute Gasteiger partial charge is 0.444 e. The fraction of sp³-hybridized carbons (Fsp3) is 0.650. The van der Waals surface area contributed by atoms with E-state index in [2.05, 4.69) is 17.6 Å². The maximum Gasteiger partial charge on any atom is 0.412 e. The van der Waals surface area contributed by atoms with E-state index in [1.54, 1.807) is 32.9 Å². The molecule has 1 aliphatic carbocycles. The smallest absolute Gasteiger partial charge is 0.412 e. The summed E-state index contributed by atoms with van der Waals surface area (Å²) in [6, 6.07) is 5.14. The lowest BCUT2D eigenvalue weighted by molar-refractivity contribution is 0.0635. The predicted octanol–water partition coefficient (Wildman–Crippen LogP) is 5.94. The minimum Gasteiger partial charge on any atom is -0.444 e. The molecule has 0 spiro atoms. The fourth-order valence-electron chi connectivity index (χ4n) is 3.36. The molecule has 0 aliphatic heterocycles. The van der Waals surface area contributed by atoms with Crippen molar-refractivity contribution in [3.05, 3.63) is 24.0 Å². The Labute approximate surface area is 150 Å². The second kappa shape index (κ2) is 8.54. The first-order valence-corrected chi connectivity index (χ1v) is 9.33. The van der Waals surface area contributed by atoms with Crippen LogP contribution in [0.25, 0.3) is 0 Å². The van der Waals surface area contributed by atoms with E-state index in [0.29, 0.717) is 6.04 Å². The average molecular weight is 350 g/mol. The van der Waals surface area contributed by atoms with Crippen molar-refractivity contribution in [1.29, 1.82) is 0 Å². The number of rotatable bonds is 5. The molecule has 1 amide bonds. The fourth-order valence-corrected chi connectivity index (χ4v) is 3.36. The van der Waals surface area contributed by atoms with Crippen LogP contribution >= 0.6 is 0 Å². The standard InChI is InChI=1S/C20H31FN2O2/c1-5-6-14-7-9-15(10-8-14)22-16-11-12-17(21)18(13-16)23-19(24)25-20(2,3)4/h11-15,22H,5-10H2,1-4H3,(H,23,24). The normalized spacial score (nSPS) is 20.8. The molecule has 1 aromatic carbocycles. The molecule has 140 valence electrons. The third-order valence-corrected chi connectivity index (χ3v) is 4.52. The van der Waals surface area contributed by atoms with E-state index in [1.807, 2.05) is 0 Å². The number of benzene rings is 1. The summed E-state index contributed by atoms with van der Waals surface area (Å²) in [4.78, 5) is 11.9. The minimum atomic E-state index is -0.649. The average Bonchev–Trinajstić information content (AvgIpc) is 2.51. The lowest BCUT2D eigenvalue weighted by Crippen LogP contribution is -2.28. The van der Waals surface area contributed by atoms with Crippen LogP contribution in [0.2, 0.25) is 0 Å². The highest BCUT2D eigenvalue weighted by Crippen LogP contribution is 2.30. The van der Waals surface area contributed by atoms with Gasteiger partial charge in [-0.15, -0.1) is 0 Å². The number of hydrogen-bond acceptors (Lipinski definition) is 3. The molecule has 25 heavy (non-hydrogen) atoms. The van der Waals surface area contributed by atoms with Crippen molar-refractivity contribution < 1.29 is 13.9 Å². The molecular weight excluding hydrogens is 319 g/mol. The Morgan fingerprint density at radius 1 is 1.24 bits per heavy atom. The highest BCUT2D eigenvalue weighted by Gasteiger charge is 2.21. The molecule has 0 atom stereocenters. The van der Waals surface area contributed by atoms with E-state index in [-0.39, 0.29) is 5.69 Å². The lowest BCUT2D eigenvalue weighted by Gasteiger charge is -2.29. The Hall–Kier alpha value is -1.78. The Balaban J connectivity index is 1.93. The monoisotopic (exact) mass is 350 g/mol. The SMILES string of the molecule is CCCC1CCC(Nc2ccc(F)c(NC(=O)OC(C)(C)C)c2)CC1. The number of carbonyl (C=O) groups excluding carboxylic acids is 1. The summed E-state index contributed by atoms with van der Waals surface area (Å²) < 4.78 is 19.2. The van der Waals surface area contributed by atoms with Crippen molar-refractivity contribution in [2.45, 2.75) is 77.9 Å². The molecule has 1 saturated carbocycles. The first kappa shape index (κ1) is 19.5. The molecule has 1 fully saturated rings. The van der Waals surface area contributed by atoms with Crippen LogP contribution in [0.4, 0.5) is 20.6 Å². The van der Waals surface area contributed by atoms with E-state index in [9.17, 15) is 9.18 Å². The number of anilines is 2. The number of ether oxygens (including phenoxy) is 1. The van der Waals surface area contributed by atoms with Gasteiger partial charge in [-0.25, -0.2) is 9.18 Å². The van der Waals surface area contributed by atoms with Gasteiger partial charge in [0.15, 0.2) is 0 Å². The molecule has 1 aliphatic rings. The van der Waals surface area contributed by atoms with Crippen molar-refractivity contribution in [2.75, 3.05) is 10.6 Å². The topological polar surface area (TPSA) is 50.4 Å². The summed E-state index contributed by atoms with van der Waals surface area (Å²) >= 11 is 0. The van der Waals surface area contributed by atoms with Crippen LogP contribution in [0, 0.1) is 11.7 Å². The van der Waals surface area contributed by atoms with Gasteiger partial charge in [-0.05, 0) is 70.6 Å². The first-order chi connectivity index (χ1) is 11.8. The van der Waals surface area contributed by atoms with Crippen LogP contribution in [-0.4, -0.2) is 17.7 Å². The molecule has 5 heteroatoms. The minimum absolute atomic E-state index is 0.138. The molecule has 0 aromatic heterocycles. The van der Waals surface area contributed by atoms with Gasteiger partial charge in [0.2, 0.25) is 0 Å². The Morgan fingerprint density at radius 2 is 1.92 bits per heavy atom. The van der Waals surface area contributed by atoms with Crippen molar-refractivity contribution in [1.82, 2.24) is 0 Å². The molecule has 2 rings (SSSR count). The van der Waals surface area contributed by atoms with Crippen LogP contribution in [0.1, 0.15) is 66.2 Å². The second-order valence-electron chi connectivity index (χ2n) is 7.97. The van der Waals surface area contributed by atoms with Crippen molar-refractivity contribution >= 4 is 17.5 Å². The molecule has 0 heterocycles. The molecule has 0 bridgehead atoms. The van der Waals surface area contributed by atoms with Gasteiger partial charge in [-0.1, -0.05) is 19.8 Å². The summed E-state index contributed by atoms with van der Waals surface area (Å²) in [6.45, 7) is 7.56. The van der Waals surface area contributed by atoms with Gasteiger partial charge < -0.3 is 10.1 Å². The van der Waals surface area contributed by atoms with Crippen LogP contribution in [0.3, 0.4) is 0 Å². The molecule has 0 saturated heterocycles. The van der Waals surface area contributed by atoms with Crippen molar-refractivity contribution in [2.24, 2.45) is 5.92 Å². The van der Waals surface area contributed by atoms with E-state index in [0.717, 1.165) is 24.4 Å². The zero-order valence-corrected chi connectivity index (χ0v) is 15.8. The molecule has 0 unspecified atom stereocenters. The predicted molar refractivity (Wildman–Crippen MR) is 101 cm³/mol. The summed E-state index contributed by atoms with van der Waals surface area (Å²) in [5.41, 5.74) is 0.346. The first-order valence-electron chi connectivity index (χ1n) is 9.33. The quantitative estimate of drug-likeness (QED) is 0.690. The van der Waals surface area contributed by atoms with Gasteiger partial charge in [0.25, 0.3) is 0 Å².